The highest BCUT2D eigenvalue weighted by Crippen LogP contribution is 2.26. The van der Waals surface area contributed by atoms with Crippen molar-refractivity contribution in [3.05, 3.63) is 48.2 Å². The summed E-state index contributed by atoms with van der Waals surface area (Å²) in [5.74, 6) is 1.50. The first-order valence-electron chi connectivity index (χ1n) is 8.93. The standard InChI is InChI=1S/C20H27N3O2/c1-4-13-23(14-5-2)20(24)16-11-12-19(21-15-16)22-17-9-7-8-10-18(17)25-6-3/h7-12,15H,4-6,13-14H2,1-3H3,(H,21,22). The fourth-order valence-corrected chi connectivity index (χ4v) is 2.62. The van der Waals surface area contributed by atoms with Gasteiger partial charge in [0.1, 0.15) is 11.6 Å². The minimum Gasteiger partial charge on any atom is -0.492 e. The van der Waals surface area contributed by atoms with Gasteiger partial charge in [0.25, 0.3) is 5.91 Å². The van der Waals surface area contributed by atoms with Crippen molar-refractivity contribution in [3.63, 3.8) is 0 Å². The molecule has 0 atom stereocenters. The number of aromatic nitrogens is 1. The Bertz CT molecular complexity index is 665. The van der Waals surface area contributed by atoms with Gasteiger partial charge in [0, 0.05) is 19.3 Å². The number of amides is 1. The number of carbonyl (C=O) groups excluding carboxylic acids is 1. The first-order valence-corrected chi connectivity index (χ1v) is 8.93. The molecule has 0 unspecified atom stereocenters. The van der Waals surface area contributed by atoms with Crippen LogP contribution < -0.4 is 10.1 Å². The zero-order valence-corrected chi connectivity index (χ0v) is 15.3. The monoisotopic (exact) mass is 341 g/mol. The van der Waals surface area contributed by atoms with Gasteiger partial charge in [-0.1, -0.05) is 26.0 Å². The number of benzene rings is 1. The van der Waals surface area contributed by atoms with Crippen molar-refractivity contribution < 1.29 is 9.53 Å². The highest BCUT2D eigenvalue weighted by Gasteiger charge is 2.14. The third-order valence-corrected chi connectivity index (χ3v) is 3.73. The molecule has 0 spiro atoms. The highest BCUT2D eigenvalue weighted by molar-refractivity contribution is 5.94. The second-order valence-electron chi connectivity index (χ2n) is 5.78. The summed E-state index contributed by atoms with van der Waals surface area (Å²) in [4.78, 5) is 18.8. The van der Waals surface area contributed by atoms with Gasteiger partial charge in [-0.05, 0) is 44.0 Å². The van der Waals surface area contributed by atoms with Crippen molar-refractivity contribution in [1.29, 1.82) is 0 Å². The van der Waals surface area contributed by atoms with Crippen LogP contribution in [-0.4, -0.2) is 35.5 Å². The van der Waals surface area contributed by atoms with E-state index >= 15 is 0 Å². The predicted molar refractivity (Wildman–Crippen MR) is 102 cm³/mol. The average molecular weight is 341 g/mol. The second-order valence-corrected chi connectivity index (χ2v) is 5.78. The van der Waals surface area contributed by atoms with E-state index in [0.717, 1.165) is 37.4 Å². The second kappa shape index (κ2) is 9.67. The molecule has 5 nitrogen and oxygen atoms in total. The van der Waals surface area contributed by atoms with Crippen LogP contribution in [0.25, 0.3) is 0 Å². The van der Waals surface area contributed by atoms with Crippen molar-refractivity contribution in [3.8, 4) is 5.75 Å². The maximum absolute atomic E-state index is 12.6. The Morgan fingerprint density at radius 3 is 2.40 bits per heavy atom. The molecule has 0 saturated carbocycles. The zero-order valence-electron chi connectivity index (χ0n) is 15.3. The van der Waals surface area contributed by atoms with Crippen LogP contribution in [0.3, 0.4) is 0 Å². The molecule has 0 saturated heterocycles. The number of nitrogens with one attached hydrogen (secondary N) is 1. The van der Waals surface area contributed by atoms with Crippen molar-refractivity contribution >= 4 is 17.4 Å². The predicted octanol–water partition coefficient (Wildman–Crippen LogP) is 4.49. The van der Waals surface area contributed by atoms with Crippen molar-refractivity contribution in [2.75, 3.05) is 25.0 Å². The molecule has 2 aromatic rings. The van der Waals surface area contributed by atoms with Gasteiger partial charge in [-0.2, -0.15) is 0 Å². The van der Waals surface area contributed by atoms with Crippen LogP contribution >= 0.6 is 0 Å². The fraction of sp³-hybridized carbons (Fsp3) is 0.400. The Morgan fingerprint density at radius 1 is 1.08 bits per heavy atom. The van der Waals surface area contributed by atoms with E-state index in [2.05, 4.69) is 24.1 Å². The summed E-state index contributed by atoms with van der Waals surface area (Å²) in [6.07, 6.45) is 3.53. The summed E-state index contributed by atoms with van der Waals surface area (Å²) in [7, 11) is 0. The Labute approximate surface area is 150 Å². The zero-order chi connectivity index (χ0) is 18.1. The number of carbonyl (C=O) groups is 1. The highest BCUT2D eigenvalue weighted by atomic mass is 16.5. The summed E-state index contributed by atoms with van der Waals surface area (Å²) in [5, 5.41) is 3.24. The third kappa shape index (κ3) is 5.21. The molecule has 1 heterocycles. The number of nitrogens with zero attached hydrogens (tertiary/aromatic N) is 2. The van der Waals surface area contributed by atoms with Gasteiger partial charge >= 0.3 is 0 Å². The lowest BCUT2D eigenvalue weighted by Gasteiger charge is -2.21. The molecule has 0 aliphatic carbocycles. The lowest BCUT2D eigenvalue weighted by Crippen LogP contribution is -2.32. The molecule has 1 aromatic heterocycles. The van der Waals surface area contributed by atoms with E-state index in [4.69, 9.17) is 4.74 Å². The van der Waals surface area contributed by atoms with E-state index in [9.17, 15) is 4.79 Å². The maximum Gasteiger partial charge on any atom is 0.255 e. The molecule has 0 bridgehead atoms. The molecule has 0 aliphatic rings. The smallest absolute Gasteiger partial charge is 0.255 e. The van der Waals surface area contributed by atoms with Crippen LogP contribution in [0.4, 0.5) is 11.5 Å². The maximum atomic E-state index is 12.6. The summed E-state index contributed by atoms with van der Waals surface area (Å²) in [5.41, 5.74) is 1.47. The number of anilines is 2. The van der Waals surface area contributed by atoms with Crippen LogP contribution in [-0.2, 0) is 0 Å². The van der Waals surface area contributed by atoms with E-state index in [1.807, 2.05) is 48.2 Å². The summed E-state index contributed by atoms with van der Waals surface area (Å²) in [6.45, 7) is 8.26. The quantitative estimate of drug-likeness (QED) is 0.730. The van der Waals surface area contributed by atoms with Gasteiger partial charge in [-0.25, -0.2) is 4.98 Å². The molecular weight excluding hydrogens is 314 g/mol. The van der Waals surface area contributed by atoms with Crippen molar-refractivity contribution in [2.24, 2.45) is 0 Å². The topological polar surface area (TPSA) is 54.5 Å². The summed E-state index contributed by atoms with van der Waals surface area (Å²) in [6, 6.07) is 11.4. The Kier molecular flexibility index (Phi) is 7.26. The van der Waals surface area contributed by atoms with Crippen LogP contribution in [0, 0.1) is 0 Å². The normalized spacial score (nSPS) is 10.4. The lowest BCUT2D eigenvalue weighted by molar-refractivity contribution is 0.0755. The Balaban J connectivity index is 2.10. The first-order chi connectivity index (χ1) is 12.2. The van der Waals surface area contributed by atoms with Crippen LogP contribution in [0.1, 0.15) is 44.0 Å². The average Bonchev–Trinajstić information content (AvgIpc) is 2.63. The number of pyridine rings is 1. The molecule has 0 fully saturated rings. The summed E-state index contributed by atoms with van der Waals surface area (Å²) < 4.78 is 5.61. The SMILES string of the molecule is CCCN(CCC)C(=O)c1ccc(Nc2ccccc2OCC)nc1. The van der Waals surface area contributed by atoms with Crippen LogP contribution in [0.5, 0.6) is 5.75 Å². The third-order valence-electron chi connectivity index (χ3n) is 3.73. The van der Waals surface area contributed by atoms with Crippen LogP contribution in [0.2, 0.25) is 0 Å². The summed E-state index contributed by atoms with van der Waals surface area (Å²) >= 11 is 0. The minimum atomic E-state index is 0.0393. The minimum absolute atomic E-state index is 0.0393. The van der Waals surface area contributed by atoms with Crippen LogP contribution in [0.15, 0.2) is 42.6 Å². The van der Waals surface area contributed by atoms with Gasteiger partial charge in [0.15, 0.2) is 0 Å². The lowest BCUT2D eigenvalue weighted by atomic mass is 10.2. The Hall–Kier alpha value is -2.56. The first kappa shape index (κ1) is 18.8. The molecule has 5 heteroatoms. The van der Waals surface area contributed by atoms with E-state index in [-0.39, 0.29) is 5.91 Å². The molecule has 25 heavy (non-hydrogen) atoms. The van der Waals surface area contributed by atoms with E-state index < -0.39 is 0 Å². The van der Waals surface area contributed by atoms with E-state index in [1.54, 1.807) is 6.20 Å². The number of hydrogen-bond donors (Lipinski definition) is 1. The van der Waals surface area contributed by atoms with Gasteiger partial charge in [-0.3, -0.25) is 4.79 Å². The molecular formula is C20H27N3O2. The molecule has 1 N–H and O–H groups in total. The van der Waals surface area contributed by atoms with Gasteiger partial charge < -0.3 is 15.0 Å². The van der Waals surface area contributed by atoms with E-state index in [0.29, 0.717) is 18.0 Å². The molecule has 0 aliphatic heterocycles. The molecule has 2 rings (SSSR count). The largest absolute Gasteiger partial charge is 0.492 e. The molecule has 1 amide bonds. The molecule has 134 valence electrons. The Morgan fingerprint density at radius 2 is 1.80 bits per heavy atom. The van der Waals surface area contributed by atoms with Crippen molar-refractivity contribution in [2.45, 2.75) is 33.6 Å². The number of hydrogen-bond acceptors (Lipinski definition) is 4. The van der Waals surface area contributed by atoms with Gasteiger partial charge in [0.2, 0.25) is 0 Å². The fourth-order valence-electron chi connectivity index (χ4n) is 2.62. The van der Waals surface area contributed by atoms with E-state index in [1.165, 1.54) is 0 Å². The molecule has 1 aromatic carbocycles. The van der Waals surface area contributed by atoms with Crippen molar-refractivity contribution in [1.82, 2.24) is 9.88 Å². The molecule has 0 radical (unpaired) electrons. The van der Waals surface area contributed by atoms with Gasteiger partial charge in [-0.15, -0.1) is 0 Å². The number of para-hydroxylation sites is 2. The van der Waals surface area contributed by atoms with Gasteiger partial charge in [0.05, 0.1) is 17.9 Å². The number of ether oxygens (including phenoxy) is 1. The number of rotatable bonds is 9.